The zero-order valence-electron chi connectivity index (χ0n) is 13.3. The number of benzene rings is 1. The predicted octanol–water partition coefficient (Wildman–Crippen LogP) is 2.68. The Balaban J connectivity index is 1.92. The lowest BCUT2D eigenvalue weighted by molar-refractivity contribution is -0.115. The Kier molecular flexibility index (Phi) is 5.38. The van der Waals surface area contributed by atoms with Gasteiger partial charge in [0, 0.05) is 30.9 Å². The van der Waals surface area contributed by atoms with Gasteiger partial charge in [-0.05, 0) is 38.1 Å². The van der Waals surface area contributed by atoms with E-state index in [1.54, 1.807) is 36.1 Å². The Morgan fingerprint density at radius 2 is 1.59 bits per heavy atom. The Labute approximate surface area is 130 Å². The van der Waals surface area contributed by atoms with Gasteiger partial charge in [0.05, 0.1) is 12.2 Å². The van der Waals surface area contributed by atoms with Crippen molar-refractivity contribution in [3.63, 3.8) is 0 Å². The van der Waals surface area contributed by atoms with Crippen molar-refractivity contribution in [2.45, 2.75) is 39.4 Å². The van der Waals surface area contributed by atoms with Crippen LogP contribution in [0.25, 0.3) is 0 Å². The molecule has 0 saturated carbocycles. The Morgan fingerprint density at radius 3 is 2.09 bits per heavy atom. The fourth-order valence-electron chi connectivity index (χ4n) is 2.43. The number of amides is 3. The molecular formula is C16H23N3O3. The average molecular weight is 305 g/mol. The zero-order chi connectivity index (χ0) is 16.1. The molecule has 0 unspecified atom stereocenters. The van der Waals surface area contributed by atoms with Crippen molar-refractivity contribution >= 4 is 23.3 Å². The highest BCUT2D eigenvalue weighted by Gasteiger charge is 2.25. The van der Waals surface area contributed by atoms with E-state index in [0.717, 1.165) is 5.69 Å². The number of nitrogens with one attached hydrogen (secondary N) is 2. The van der Waals surface area contributed by atoms with Crippen molar-refractivity contribution < 1.29 is 14.3 Å². The van der Waals surface area contributed by atoms with Crippen LogP contribution in [0.4, 0.5) is 16.2 Å². The fraction of sp³-hybridized carbons (Fsp3) is 0.500. The number of rotatable bonds is 3. The molecule has 1 fully saturated rings. The van der Waals surface area contributed by atoms with E-state index in [1.807, 2.05) is 13.8 Å². The lowest BCUT2D eigenvalue weighted by atomic mass is 10.2. The molecule has 22 heavy (non-hydrogen) atoms. The topological polar surface area (TPSA) is 70.7 Å². The molecule has 1 aliphatic rings. The molecule has 0 radical (unpaired) electrons. The molecule has 0 aromatic heterocycles. The summed E-state index contributed by atoms with van der Waals surface area (Å²) in [6, 6.07) is 6.96. The minimum Gasteiger partial charge on any atom is -0.372 e. The summed E-state index contributed by atoms with van der Waals surface area (Å²) in [7, 11) is 0. The predicted molar refractivity (Wildman–Crippen MR) is 86.0 cm³/mol. The van der Waals surface area contributed by atoms with Gasteiger partial charge < -0.3 is 20.3 Å². The van der Waals surface area contributed by atoms with Crippen LogP contribution in [0.3, 0.4) is 0 Å². The number of urea groups is 1. The molecule has 1 saturated heterocycles. The Hall–Kier alpha value is -2.08. The first-order valence-electron chi connectivity index (χ1n) is 7.59. The average Bonchev–Trinajstić information content (AvgIpc) is 2.48. The maximum absolute atomic E-state index is 12.3. The van der Waals surface area contributed by atoms with E-state index in [-0.39, 0.29) is 24.1 Å². The van der Waals surface area contributed by atoms with Gasteiger partial charge in [-0.2, -0.15) is 0 Å². The minimum atomic E-state index is -0.132. The standard InChI is InChI=1S/C16H23N3O3/c1-4-15(20)17-13-5-7-14(8-6-13)18-16(21)19-9-11(2)22-12(3)10-19/h5-8,11-12H,4,9-10H2,1-3H3,(H,17,20)(H,18,21)/t11-,12+. The van der Waals surface area contributed by atoms with E-state index in [2.05, 4.69) is 10.6 Å². The molecule has 2 atom stereocenters. The molecular weight excluding hydrogens is 282 g/mol. The second-order valence-electron chi connectivity index (χ2n) is 5.57. The van der Waals surface area contributed by atoms with E-state index in [9.17, 15) is 9.59 Å². The molecule has 1 aromatic rings. The molecule has 2 N–H and O–H groups in total. The third kappa shape index (κ3) is 4.46. The summed E-state index contributed by atoms with van der Waals surface area (Å²) in [5, 5.41) is 5.63. The molecule has 3 amide bonds. The quantitative estimate of drug-likeness (QED) is 0.902. The molecule has 0 spiro atoms. The second kappa shape index (κ2) is 7.26. The van der Waals surface area contributed by atoms with Crippen LogP contribution in [0.15, 0.2) is 24.3 Å². The van der Waals surface area contributed by atoms with Gasteiger partial charge in [0.1, 0.15) is 0 Å². The molecule has 0 bridgehead atoms. The summed E-state index contributed by atoms with van der Waals surface area (Å²) in [5.41, 5.74) is 1.42. The van der Waals surface area contributed by atoms with E-state index >= 15 is 0 Å². The third-order valence-electron chi connectivity index (χ3n) is 3.45. The summed E-state index contributed by atoms with van der Waals surface area (Å²) >= 11 is 0. The first kappa shape index (κ1) is 16.3. The second-order valence-corrected chi connectivity index (χ2v) is 5.57. The smallest absolute Gasteiger partial charge is 0.322 e. The van der Waals surface area contributed by atoms with E-state index in [1.165, 1.54) is 0 Å². The number of carbonyl (C=O) groups excluding carboxylic acids is 2. The SMILES string of the molecule is CCC(=O)Nc1ccc(NC(=O)N2C[C@@H](C)O[C@@H](C)C2)cc1. The largest absolute Gasteiger partial charge is 0.372 e. The van der Waals surface area contributed by atoms with E-state index < -0.39 is 0 Å². The Bertz CT molecular complexity index is 520. The van der Waals surface area contributed by atoms with Crippen molar-refractivity contribution in [3.05, 3.63) is 24.3 Å². The van der Waals surface area contributed by atoms with Crippen molar-refractivity contribution in [1.29, 1.82) is 0 Å². The summed E-state index contributed by atoms with van der Waals surface area (Å²) in [5.74, 6) is -0.0342. The van der Waals surface area contributed by atoms with Gasteiger partial charge in [-0.1, -0.05) is 6.92 Å². The number of hydrogen-bond donors (Lipinski definition) is 2. The molecule has 2 rings (SSSR count). The van der Waals surface area contributed by atoms with Crippen molar-refractivity contribution in [1.82, 2.24) is 4.90 Å². The zero-order valence-corrected chi connectivity index (χ0v) is 13.3. The first-order chi connectivity index (χ1) is 10.5. The summed E-state index contributed by atoms with van der Waals surface area (Å²) < 4.78 is 5.62. The van der Waals surface area contributed by atoms with Gasteiger partial charge in [-0.3, -0.25) is 4.79 Å². The number of nitrogens with zero attached hydrogens (tertiary/aromatic N) is 1. The molecule has 0 aliphatic carbocycles. The third-order valence-corrected chi connectivity index (χ3v) is 3.45. The van der Waals surface area contributed by atoms with E-state index in [4.69, 9.17) is 4.74 Å². The maximum atomic E-state index is 12.3. The maximum Gasteiger partial charge on any atom is 0.322 e. The lowest BCUT2D eigenvalue weighted by Gasteiger charge is -2.35. The lowest BCUT2D eigenvalue weighted by Crippen LogP contribution is -2.49. The van der Waals surface area contributed by atoms with Crippen LogP contribution < -0.4 is 10.6 Å². The fourth-order valence-corrected chi connectivity index (χ4v) is 2.43. The molecule has 1 aliphatic heterocycles. The highest BCUT2D eigenvalue weighted by molar-refractivity contribution is 5.92. The number of ether oxygens (including phenoxy) is 1. The van der Waals surface area contributed by atoms with Crippen molar-refractivity contribution in [2.24, 2.45) is 0 Å². The number of hydrogen-bond acceptors (Lipinski definition) is 3. The van der Waals surface area contributed by atoms with Gasteiger partial charge in [-0.15, -0.1) is 0 Å². The molecule has 1 heterocycles. The highest BCUT2D eigenvalue weighted by Crippen LogP contribution is 2.16. The Morgan fingerprint density at radius 1 is 1.09 bits per heavy atom. The monoisotopic (exact) mass is 305 g/mol. The van der Waals surface area contributed by atoms with Gasteiger partial charge in [0.2, 0.25) is 5.91 Å². The molecule has 1 aromatic carbocycles. The van der Waals surface area contributed by atoms with Crippen LogP contribution in [0.2, 0.25) is 0 Å². The van der Waals surface area contributed by atoms with Crippen LogP contribution in [0, 0.1) is 0 Å². The van der Waals surface area contributed by atoms with Crippen molar-refractivity contribution in [2.75, 3.05) is 23.7 Å². The normalized spacial score (nSPS) is 21.3. The van der Waals surface area contributed by atoms with Gasteiger partial charge in [0.15, 0.2) is 0 Å². The van der Waals surface area contributed by atoms with E-state index in [0.29, 0.717) is 25.2 Å². The first-order valence-corrected chi connectivity index (χ1v) is 7.59. The summed E-state index contributed by atoms with van der Waals surface area (Å²) in [4.78, 5) is 25.3. The van der Waals surface area contributed by atoms with Gasteiger partial charge in [-0.25, -0.2) is 4.79 Å². The number of anilines is 2. The number of carbonyl (C=O) groups is 2. The van der Waals surface area contributed by atoms with Crippen LogP contribution in [-0.4, -0.2) is 42.1 Å². The summed E-state index contributed by atoms with van der Waals surface area (Å²) in [6.07, 6.45) is 0.522. The molecule has 120 valence electrons. The van der Waals surface area contributed by atoms with Gasteiger partial charge >= 0.3 is 6.03 Å². The minimum absolute atomic E-state index is 0.0342. The van der Waals surface area contributed by atoms with Gasteiger partial charge in [0.25, 0.3) is 0 Å². The number of morpholine rings is 1. The molecule has 6 nitrogen and oxygen atoms in total. The summed E-state index contributed by atoms with van der Waals surface area (Å²) in [6.45, 7) is 6.89. The van der Waals surface area contributed by atoms with Crippen LogP contribution in [0.5, 0.6) is 0 Å². The van der Waals surface area contributed by atoms with Crippen LogP contribution >= 0.6 is 0 Å². The van der Waals surface area contributed by atoms with Crippen molar-refractivity contribution in [3.8, 4) is 0 Å². The van der Waals surface area contributed by atoms with Crippen LogP contribution in [-0.2, 0) is 9.53 Å². The molecule has 6 heteroatoms. The van der Waals surface area contributed by atoms with Crippen LogP contribution in [0.1, 0.15) is 27.2 Å². The highest BCUT2D eigenvalue weighted by atomic mass is 16.5.